The summed E-state index contributed by atoms with van der Waals surface area (Å²) in [6.07, 6.45) is 1.86. The molecule has 0 fully saturated rings. The molecule has 5 aromatic rings. The molecular weight excluding hydrogens is 751 g/mol. The van der Waals surface area contributed by atoms with Crippen molar-refractivity contribution in [3.05, 3.63) is 140 Å². The van der Waals surface area contributed by atoms with Crippen LogP contribution in [0.2, 0.25) is 0 Å². The molecule has 222 valence electrons. The summed E-state index contributed by atoms with van der Waals surface area (Å²) < 4.78 is 15.5. The summed E-state index contributed by atoms with van der Waals surface area (Å²) >= 11 is 7.25. The quantitative estimate of drug-likeness (QED) is 0.130. The van der Waals surface area contributed by atoms with Gasteiger partial charge in [0.2, 0.25) is 0 Å². The van der Waals surface area contributed by atoms with Crippen LogP contribution < -0.4 is 19.6 Å². The Morgan fingerprint density at radius 2 is 1.80 bits per heavy atom. The van der Waals surface area contributed by atoms with Gasteiger partial charge in [-0.15, -0.1) is 0 Å². The van der Waals surface area contributed by atoms with E-state index in [0.717, 1.165) is 36.0 Å². The SMILES string of the molecule is CCOC(=O)C1=C(C)N=c2s/c(=C/c3cc(Br)c(OCc4ccc5ccccc5c4)c(I)c3)c(=O)n2[C@H]1c1ccc(C)cc1. The lowest BCUT2D eigenvalue weighted by Crippen LogP contribution is -2.39. The monoisotopic (exact) mass is 778 g/mol. The Bertz CT molecular complexity index is 2110. The first-order valence-corrected chi connectivity index (χ1v) is 16.8. The Hall–Kier alpha value is -3.54. The van der Waals surface area contributed by atoms with Crippen LogP contribution in [0.4, 0.5) is 0 Å². The molecule has 0 radical (unpaired) electrons. The van der Waals surface area contributed by atoms with Crippen molar-refractivity contribution >= 4 is 72.7 Å². The predicted molar refractivity (Wildman–Crippen MR) is 187 cm³/mol. The Balaban J connectivity index is 1.35. The summed E-state index contributed by atoms with van der Waals surface area (Å²) in [5, 5.41) is 2.37. The van der Waals surface area contributed by atoms with E-state index in [-0.39, 0.29) is 12.2 Å². The molecule has 0 N–H and O–H groups in total. The van der Waals surface area contributed by atoms with Crippen LogP contribution in [0.5, 0.6) is 5.75 Å². The summed E-state index contributed by atoms with van der Waals surface area (Å²) in [4.78, 5) is 32.3. The standard InChI is InChI=1S/C35H28BrIN2O4S/c1-4-42-34(41)30-21(3)38-35-39(31(30)25-12-9-20(2)10-13-25)33(40)29(44-35)18-23-16-27(36)32(28(37)17-23)43-19-22-11-14-24-7-5-6-8-26(24)15-22/h5-18,31H,4,19H2,1-3H3/b29-18+/t31-/m0/s1. The number of hydrogen-bond donors (Lipinski definition) is 0. The van der Waals surface area contributed by atoms with Crippen molar-refractivity contribution in [2.24, 2.45) is 4.99 Å². The van der Waals surface area contributed by atoms with Crippen molar-refractivity contribution < 1.29 is 14.3 Å². The molecule has 0 spiro atoms. The second-order valence-electron chi connectivity index (χ2n) is 10.5. The van der Waals surface area contributed by atoms with Gasteiger partial charge in [0.25, 0.3) is 5.56 Å². The Kier molecular flexibility index (Phi) is 8.89. The number of thiazole rings is 1. The van der Waals surface area contributed by atoms with Gasteiger partial charge in [0, 0.05) is 0 Å². The average molecular weight is 779 g/mol. The zero-order valence-corrected chi connectivity index (χ0v) is 28.8. The van der Waals surface area contributed by atoms with E-state index in [9.17, 15) is 9.59 Å². The number of esters is 1. The van der Waals surface area contributed by atoms with Crippen molar-refractivity contribution in [2.75, 3.05) is 6.61 Å². The van der Waals surface area contributed by atoms with Crippen LogP contribution in [-0.4, -0.2) is 17.1 Å². The predicted octanol–water partition coefficient (Wildman–Crippen LogP) is 7.21. The smallest absolute Gasteiger partial charge is 0.338 e. The lowest BCUT2D eigenvalue weighted by molar-refractivity contribution is -0.139. The van der Waals surface area contributed by atoms with Crippen LogP contribution in [0, 0.1) is 10.5 Å². The van der Waals surface area contributed by atoms with Gasteiger partial charge in [-0.1, -0.05) is 77.6 Å². The van der Waals surface area contributed by atoms with Gasteiger partial charge in [-0.25, -0.2) is 9.79 Å². The third-order valence-electron chi connectivity index (χ3n) is 7.43. The minimum atomic E-state index is -0.634. The molecule has 0 bridgehead atoms. The first kappa shape index (κ1) is 30.5. The summed E-state index contributed by atoms with van der Waals surface area (Å²) in [6, 6.07) is 25.7. The summed E-state index contributed by atoms with van der Waals surface area (Å²) in [5.74, 6) is 0.276. The number of ether oxygens (including phenoxy) is 2. The zero-order valence-electron chi connectivity index (χ0n) is 24.3. The lowest BCUT2D eigenvalue weighted by atomic mass is 9.95. The van der Waals surface area contributed by atoms with E-state index in [0.29, 0.717) is 27.2 Å². The van der Waals surface area contributed by atoms with Crippen LogP contribution in [0.25, 0.3) is 16.8 Å². The lowest BCUT2D eigenvalue weighted by Gasteiger charge is -2.24. The Morgan fingerprint density at radius 1 is 1.05 bits per heavy atom. The van der Waals surface area contributed by atoms with Crippen molar-refractivity contribution in [1.29, 1.82) is 0 Å². The maximum atomic E-state index is 14.0. The number of benzene rings is 4. The molecule has 0 saturated carbocycles. The highest BCUT2D eigenvalue weighted by molar-refractivity contribution is 14.1. The van der Waals surface area contributed by atoms with Crippen LogP contribution in [0.3, 0.4) is 0 Å². The van der Waals surface area contributed by atoms with Crippen molar-refractivity contribution in [2.45, 2.75) is 33.4 Å². The summed E-state index contributed by atoms with van der Waals surface area (Å²) in [7, 11) is 0. The number of halogens is 2. The molecule has 1 aliphatic rings. The number of carbonyl (C=O) groups is 1. The highest BCUT2D eigenvalue weighted by Gasteiger charge is 2.33. The van der Waals surface area contributed by atoms with E-state index in [1.807, 2.05) is 61.5 Å². The van der Waals surface area contributed by atoms with Crippen LogP contribution >= 0.6 is 49.9 Å². The van der Waals surface area contributed by atoms with E-state index in [4.69, 9.17) is 9.47 Å². The summed E-state index contributed by atoms with van der Waals surface area (Å²) in [6.45, 7) is 6.22. The van der Waals surface area contributed by atoms with Gasteiger partial charge in [-0.05, 0) is 111 Å². The van der Waals surface area contributed by atoms with Crippen molar-refractivity contribution in [1.82, 2.24) is 4.57 Å². The Labute approximate surface area is 280 Å². The molecule has 6 nitrogen and oxygen atoms in total. The first-order chi connectivity index (χ1) is 21.2. The van der Waals surface area contributed by atoms with Crippen LogP contribution in [0.1, 0.15) is 42.1 Å². The summed E-state index contributed by atoms with van der Waals surface area (Å²) in [5.41, 5.74) is 4.55. The van der Waals surface area contributed by atoms with Gasteiger partial charge < -0.3 is 9.47 Å². The maximum absolute atomic E-state index is 14.0. The Morgan fingerprint density at radius 3 is 2.52 bits per heavy atom. The molecule has 1 aliphatic heterocycles. The number of aromatic nitrogens is 1. The average Bonchev–Trinajstić information content (AvgIpc) is 3.30. The van der Waals surface area contributed by atoms with Crippen LogP contribution in [0.15, 0.2) is 104 Å². The largest absolute Gasteiger partial charge is 0.487 e. The van der Waals surface area contributed by atoms with Crippen molar-refractivity contribution in [3.8, 4) is 5.75 Å². The number of hydrogen-bond acceptors (Lipinski definition) is 6. The van der Waals surface area contributed by atoms with Gasteiger partial charge >= 0.3 is 5.97 Å². The topological polar surface area (TPSA) is 69.9 Å². The van der Waals surface area contributed by atoms with Gasteiger partial charge in [0.05, 0.1) is 36.5 Å². The number of nitrogens with zero attached hydrogens (tertiary/aromatic N) is 2. The molecule has 9 heteroatoms. The maximum Gasteiger partial charge on any atom is 0.338 e. The molecule has 0 saturated heterocycles. The number of carbonyl (C=O) groups excluding carboxylic acids is 1. The van der Waals surface area contributed by atoms with E-state index in [1.165, 1.54) is 22.1 Å². The molecule has 44 heavy (non-hydrogen) atoms. The zero-order chi connectivity index (χ0) is 31.0. The molecular formula is C35H28BrIN2O4S. The fourth-order valence-corrected chi connectivity index (χ4v) is 8.11. The molecule has 0 unspecified atom stereocenters. The number of aryl methyl sites for hydroxylation is 1. The minimum Gasteiger partial charge on any atom is -0.487 e. The second-order valence-corrected chi connectivity index (χ2v) is 13.5. The fraction of sp³-hybridized carbons (Fsp3) is 0.171. The molecule has 4 aromatic carbocycles. The van der Waals surface area contributed by atoms with Gasteiger partial charge in [-0.2, -0.15) is 0 Å². The fourth-order valence-electron chi connectivity index (χ4n) is 5.29. The van der Waals surface area contributed by atoms with Crippen LogP contribution in [-0.2, 0) is 16.1 Å². The normalized spacial score (nSPS) is 14.8. The highest BCUT2D eigenvalue weighted by atomic mass is 127. The molecule has 0 aliphatic carbocycles. The van der Waals surface area contributed by atoms with Gasteiger partial charge in [-0.3, -0.25) is 9.36 Å². The number of rotatable bonds is 7. The third-order valence-corrected chi connectivity index (χ3v) is 9.80. The highest BCUT2D eigenvalue weighted by Crippen LogP contribution is 2.34. The molecule has 6 rings (SSSR count). The molecule has 1 aromatic heterocycles. The number of allylic oxidation sites excluding steroid dienone is 1. The molecule has 2 heterocycles. The molecule has 1 atom stereocenters. The number of fused-ring (bicyclic) bond motifs is 2. The van der Waals surface area contributed by atoms with E-state index in [1.54, 1.807) is 18.4 Å². The van der Waals surface area contributed by atoms with E-state index < -0.39 is 12.0 Å². The third kappa shape index (κ3) is 6.05. The second kappa shape index (κ2) is 12.8. The first-order valence-electron chi connectivity index (χ1n) is 14.1. The van der Waals surface area contributed by atoms with Crippen molar-refractivity contribution in [3.63, 3.8) is 0 Å². The van der Waals surface area contributed by atoms with E-state index in [2.05, 4.69) is 73.8 Å². The van der Waals surface area contributed by atoms with Gasteiger partial charge in [0.1, 0.15) is 12.4 Å². The molecule has 0 amide bonds. The van der Waals surface area contributed by atoms with Gasteiger partial charge in [0.15, 0.2) is 4.80 Å². The minimum absolute atomic E-state index is 0.212. The van der Waals surface area contributed by atoms with E-state index >= 15 is 0 Å².